The Balaban J connectivity index is 1.78. The molecular weight excluding hydrogens is 331 g/mol. The number of nitrogens with zero attached hydrogens (tertiary/aromatic N) is 2. The number of benzene rings is 1. The zero-order chi connectivity index (χ0) is 16.4. The van der Waals surface area contributed by atoms with E-state index < -0.39 is 0 Å². The van der Waals surface area contributed by atoms with Crippen LogP contribution in [-0.4, -0.2) is 21.1 Å². The molecule has 0 aliphatic carbocycles. The molecule has 0 saturated carbocycles. The summed E-state index contributed by atoms with van der Waals surface area (Å²) >= 11 is 2.96. The summed E-state index contributed by atoms with van der Waals surface area (Å²) in [4.78, 5) is 17.7. The second kappa shape index (κ2) is 6.68. The van der Waals surface area contributed by atoms with Gasteiger partial charge in [0.15, 0.2) is 10.9 Å². The highest BCUT2D eigenvalue weighted by molar-refractivity contribution is 8.00. The zero-order valence-corrected chi connectivity index (χ0v) is 14.4. The number of carbonyl (C=O) groups excluding carboxylic acids is 1. The molecule has 0 spiro atoms. The lowest BCUT2D eigenvalue weighted by molar-refractivity contribution is 0.102. The van der Waals surface area contributed by atoms with E-state index in [0.717, 1.165) is 21.4 Å². The van der Waals surface area contributed by atoms with Crippen molar-refractivity contribution in [3.05, 3.63) is 64.7 Å². The minimum absolute atomic E-state index is 0.0650. The molecule has 0 atom stereocenters. The van der Waals surface area contributed by atoms with E-state index in [2.05, 4.69) is 4.98 Å². The molecule has 3 rings (SSSR count). The number of aryl methyl sites for hydroxylation is 1. The topological polar surface area (TPSA) is 34.9 Å². The third-order valence-corrected chi connectivity index (χ3v) is 5.29. The molecule has 0 aliphatic rings. The van der Waals surface area contributed by atoms with E-state index >= 15 is 0 Å². The van der Waals surface area contributed by atoms with Crippen LogP contribution >= 0.6 is 23.1 Å². The highest BCUT2D eigenvalue weighted by atomic mass is 32.2. The van der Waals surface area contributed by atoms with Crippen LogP contribution in [0.25, 0.3) is 5.13 Å². The lowest BCUT2D eigenvalue weighted by Gasteiger charge is -2.05. The maximum atomic E-state index is 12.9. The monoisotopic (exact) mass is 346 g/mol. The molecule has 23 heavy (non-hydrogen) atoms. The molecule has 0 bridgehead atoms. The fourth-order valence-corrected chi connectivity index (χ4v) is 3.96. The van der Waals surface area contributed by atoms with Crippen LogP contribution in [-0.2, 0) is 0 Å². The van der Waals surface area contributed by atoms with E-state index in [1.807, 2.05) is 29.9 Å². The molecule has 0 radical (unpaired) electrons. The van der Waals surface area contributed by atoms with Crippen LogP contribution in [0.1, 0.15) is 21.7 Å². The predicted octanol–water partition coefficient (Wildman–Crippen LogP) is 4.66. The molecule has 6 heteroatoms. The summed E-state index contributed by atoms with van der Waals surface area (Å²) in [7, 11) is 0. The van der Waals surface area contributed by atoms with Crippen molar-refractivity contribution in [2.45, 2.75) is 18.7 Å². The Morgan fingerprint density at radius 1 is 1.30 bits per heavy atom. The summed E-state index contributed by atoms with van der Waals surface area (Å²) in [6.45, 7) is 3.91. The second-order valence-corrected chi connectivity index (χ2v) is 7.02. The van der Waals surface area contributed by atoms with E-state index in [1.165, 1.54) is 23.9 Å². The van der Waals surface area contributed by atoms with E-state index in [9.17, 15) is 9.18 Å². The number of hydrogen-bond acceptors (Lipinski definition) is 4. The molecule has 0 amide bonds. The molecule has 0 aliphatic heterocycles. The Labute approximate surface area is 142 Å². The number of hydrogen-bond donors (Lipinski definition) is 0. The molecular formula is C17H15FN2OS2. The van der Waals surface area contributed by atoms with Crippen LogP contribution in [0.15, 0.2) is 46.8 Å². The number of thiazole rings is 1. The van der Waals surface area contributed by atoms with Crippen LogP contribution < -0.4 is 0 Å². The van der Waals surface area contributed by atoms with Gasteiger partial charge in [-0.2, -0.15) is 0 Å². The predicted molar refractivity (Wildman–Crippen MR) is 92.4 cm³/mol. The SMILES string of the molecule is Cc1cc(C(=O)CSc2ccc(F)cc2)c(C)n1-c1nccs1. The van der Waals surface area contributed by atoms with Crippen LogP contribution in [0.4, 0.5) is 4.39 Å². The molecule has 118 valence electrons. The summed E-state index contributed by atoms with van der Waals surface area (Å²) in [5.74, 6) is 0.122. The standard InChI is InChI=1S/C17H15FN2OS2/c1-11-9-15(12(2)20(11)17-19-7-8-22-17)16(21)10-23-14-5-3-13(18)4-6-14/h3-9H,10H2,1-2H3. The van der Waals surface area contributed by atoms with Gasteiger partial charge in [-0.3, -0.25) is 9.36 Å². The van der Waals surface area contributed by atoms with Gasteiger partial charge in [0, 0.05) is 33.4 Å². The largest absolute Gasteiger partial charge is 0.294 e. The Hall–Kier alpha value is -1.92. The fraction of sp³-hybridized carbons (Fsp3) is 0.176. The van der Waals surface area contributed by atoms with E-state index in [-0.39, 0.29) is 11.6 Å². The van der Waals surface area contributed by atoms with Crippen molar-refractivity contribution in [2.24, 2.45) is 0 Å². The quantitative estimate of drug-likeness (QED) is 0.498. The van der Waals surface area contributed by atoms with Gasteiger partial charge in [0.25, 0.3) is 0 Å². The van der Waals surface area contributed by atoms with Gasteiger partial charge < -0.3 is 0 Å². The minimum Gasteiger partial charge on any atom is -0.294 e. The fourth-order valence-electron chi connectivity index (χ4n) is 2.42. The molecule has 2 heterocycles. The average Bonchev–Trinajstić information content (AvgIpc) is 3.14. The summed E-state index contributed by atoms with van der Waals surface area (Å²) < 4.78 is 14.9. The number of Topliss-reactive ketones (excluding diaryl/α,β-unsaturated/α-hetero) is 1. The Bertz CT molecular complexity index is 823. The van der Waals surface area contributed by atoms with Crippen LogP contribution in [0, 0.1) is 19.7 Å². The lowest BCUT2D eigenvalue weighted by Crippen LogP contribution is -2.05. The van der Waals surface area contributed by atoms with Gasteiger partial charge in [-0.15, -0.1) is 23.1 Å². The number of aromatic nitrogens is 2. The first-order valence-electron chi connectivity index (χ1n) is 7.06. The minimum atomic E-state index is -0.271. The number of thioether (sulfide) groups is 1. The summed E-state index contributed by atoms with van der Waals surface area (Å²) in [6.07, 6.45) is 1.75. The maximum absolute atomic E-state index is 12.9. The molecule has 0 N–H and O–H groups in total. The highest BCUT2D eigenvalue weighted by Gasteiger charge is 2.17. The lowest BCUT2D eigenvalue weighted by atomic mass is 10.2. The number of carbonyl (C=O) groups is 1. The van der Waals surface area contributed by atoms with Gasteiger partial charge in [-0.25, -0.2) is 9.37 Å². The zero-order valence-electron chi connectivity index (χ0n) is 12.7. The van der Waals surface area contributed by atoms with Crippen LogP contribution in [0.5, 0.6) is 0 Å². The molecule has 0 saturated heterocycles. The van der Waals surface area contributed by atoms with Gasteiger partial charge in [0.1, 0.15) is 5.82 Å². The van der Waals surface area contributed by atoms with Crippen molar-refractivity contribution in [1.29, 1.82) is 0 Å². The first-order chi connectivity index (χ1) is 11.1. The van der Waals surface area contributed by atoms with Crippen molar-refractivity contribution >= 4 is 28.9 Å². The Morgan fingerprint density at radius 3 is 2.70 bits per heavy atom. The Kier molecular flexibility index (Phi) is 4.63. The first kappa shape index (κ1) is 16.0. The summed E-state index contributed by atoms with van der Waals surface area (Å²) in [5, 5.41) is 2.78. The maximum Gasteiger partial charge on any atom is 0.193 e. The van der Waals surface area contributed by atoms with Gasteiger partial charge >= 0.3 is 0 Å². The van der Waals surface area contributed by atoms with Crippen molar-refractivity contribution in [1.82, 2.24) is 9.55 Å². The molecule has 3 nitrogen and oxygen atoms in total. The molecule has 0 unspecified atom stereocenters. The second-order valence-electron chi connectivity index (χ2n) is 5.10. The van der Waals surface area contributed by atoms with Crippen LogP contribution in [0.2, 0.25) is 0 Å². The average molecular weight is 346 g/mol. The first-order valence-corrected chi connectivity index (χ1v) is 8.93. The van der Waals surface area contributed by atoms with Crippen molar-refractivity contribution < 1.29 is 9.18 Å². The summed E-state index contributed by atoms with van der Waals surface area (Å²) in [5.41, 5.74) is 2.61. The van der Waals surface area contributed by atoms with Gasteiger partial charge in [-0.1, -0.05) is 0 Å². The van der Waals surface area contributed by atoms with Gasteiger partial charge in [0.05, 0.1) is 5.75 Å². The highest BCUT2D eigenvalue weighted by Crippen LogP contribution is 2.25. The summed E-state index contributed by atoms with van der Waals surface area (Å²) in [6, 6.07) is 8.09. The Morgan fingerprint density at radius 2 is 2.04 bits per heavy atom. The number of rotatable bonds is 5. The van der Waals surface area contributed by atoms with E-state index in [1.54, 1.807) is 29.7 Å². The van der Waals surface area contributed by atoms with Crippen molar-refractivity contribution in [2.75, 3.05) is 5.75 Å². The van der Waals surface area contributed by atoms with Gasteiger partial charge in [0.2, 0.25) is 0 Å². The van der Waals surface area contributed by atoms with Crippen molar-refractivity contribution in [3.63, 3.8) is 0 Å². The van der Waals surface area contributed by atoms with Gasteiger partial charge in [-0.05, 0) is 44.2 Å². The van der Waals surface area contributed by atoms with Crippen LogP contribution in [0.3, 0.4) is 0 Å². The van der Waals surface area contributed by atoms with Crippen molar-refractivity contribution in [3.8, 4) is 5.13 Å². The smallest absolute Gasteiger partial charge is 0.193 e. The third-order valence-electron chi connectivity index (χ3n) is 3.53. The molecule has 1 aromatic carbocycles. The van der Waals surface area contributed by atoms with E-state index in [4.69, 9.17) is 0 Å². The molecule has 2 aromatic heterocycles. The number of halogens is 1. The normalized spacial score (nSPS) is 10.9. The van der Waals surface area contributed by atoms with E-state index in [0.29, 0.717) is 11.3 Å². The third kappa shape index (κ3) is 3.38. The molecule has 3 aromatic rings. The number of ketones is 1. The molecule has 0 fully saturated rings.